The fourth-order valence-corrected chi connectivity index (χ4v) is 4.01. The largest absolute Gasteiger partial charge is 0.443 e. The summed E-state index contributed by atoms with van der Waals surface area (Å²) in [7, 11) is 0. The van der Waals surface area contributed by atoms with Crippen molar-refractivity contribution in [2.45, 2.75) is 32.8 Å². The molecule has 7 heteroatoms. The van der Waals surface area contributed by atoms with Crippen LogP contribution < -0.4 is 5.32 Å². The van der Waals surface area contributed by atoms with Gasteiger partial charge in [-0.3, -0.25) is 4.79 Å². The maximum Gasteiger partial charge on any atom is 0.231 e. The first-order valence-electron chi connectivity index (χ1n) is 7.82. The van der Waals surface area contributed by atoms with Crippen LogP contribution in [0.1, 0.15) is 34.3 Å². The molecule has 0 bridgehead atoms. The van der Waals surface area contributed by atoms with E-state index >= 15 is 0 Å². The number of nitrogens with zero attached hydrogens (tertiary/aromatic N) is 2. The molecule has 4 heterocycles. The van der Waals surface area contributed by atoms with Gasteiger partial charge in [0.05, 0.1) is 18.4 Å². The standard InChI is InChI=1S/C17H17N3O3S/c1-9-10(2)23-17-14(9)16(18-8-19-17)20-13(21)7-12-15-11(3-5-22-12)4-6-24-15/h4,6,8,12H,3,5,7H2,1-2H3,(H,18,19,20,21). The highest BCUT2D eigenvalue weighted by Crippen LogP contribution is 2.34. The molecule has 0 fully saturated rings. The van der Waals surface area contributed by atoms with Crippen LogP contribution >= 0.6 is 11.3 Å². The average molecular weight is 343 g/mol. The zero-order chi connectivity index (χ0) is 16.7. The molecule has 4 rings (SSSR count). The number of carbonyl (C=O) groups excluding carboxylic acids is 1. The van der Waals surface area contributed by atoms with Crippen molar-refractivity contribution in [2.75, 3.05) is 11.9 Å². The second-order valence-electron chi connectivity index (χ2n) is 5.86. The Balaban J connectivity index is 1.56. The van der Waals surface area contributed by atoms with Gasteiger partial charge in [0.2, 0.25) is 11.6 Å². The van der Waals surface area contributed by atoms with Crippen molar-refractivity contribution in [3.63, 3.8) is 0 Å². The van der Waals surface area contributed by atoms with Crippen LogP contribution in [0.2, 0.25) is 0 Å². The van der Waals surface area contributed by atoms with E-state index in [1.807, 2.05) is 13.8 Å². The van der Waals surface area contributed by atoms with E-state index in [1.54, 1.807) is 11.3 Å². The van der Waals surface area contributed by atoms with Gasteiger partial charge in [-0.15, -0.1) is 11.3 Å². The Bertz CT molecular complexity index is 915. The Labute approximate surface area is 142 Å². The zero-order valence-electron chi connectivity index (χ0n) is 13.5. The highest BCUT2D eigenvalue weighted by Gasteiger charge is 2.25. The van der Waals surface area contributed by atoms with Crippen molar-refractivity contribution in [3.8, 4) is 0 Å². The molecule has 124 valence electrons. The molecule has 1 atom stereocenters. The minimum absolute atomic E-state index is 0.125. The number of aromatic nitrogens is 2. The van der Waals surface area contributed by atoms with Gasteiger partial charge >= 0.3 is 0 Å². The average Bonchev–Trinajstić information content (AvgIpc) is 3.14. The molecular formula is C17H17N3O3S. The van der Waals surface area contributed by atoms with Gasteiger partial charge < -0.3 is 14.5 Å². The lowest BCUT2D eigenvalue weighted by molar-refractivity contribution is -0.119. The first-order chi connectivity index (χ1) is 11.6. The third-order valence-corrected chi connectivity index (χ3v) is 5.41. The molecule has 6 nitrogen and oxygen atoms in total. The van der Waals surface area contributed by atoms with E-state index in [1.165, 1.54) is 11.9 Å². The lowest BCUT2D eigenvalue weighted by Crippen LogP contribution is -2.21. The van der Waals surface area contributed by atoms with Crippen LogP contribution in [0.3, 0.4) is 0 Å². The number of hydrogen-bond donors (Lipinski definition) is 1. The number of carbonyl (C=O) groups is 1. The molecule has 1 N–H and O–H groups in total. The van der Waals surface area contributed by atoms with Crippen LogP contribution in [0.4, 0.5) is 5.82 Å². The van der Waals surface area contributed by atoms with Gasteiger partial charge in [0, 0.05) is 10.4 Å². The SMILES string of the molecule is Cc1oc2ncnc(NC(=O)CC3OCCc4ccsc43)c2c1C. The predicted octanol–water partition coefficient (Wildman–Crippen LogP) is 3.54. The van der Waals surface area contributed by atoms with Gasteiger partial charge in [-0.05, 0) is 37.3 Å². The number of rotatable bonds is 3. The van der Waals surface area contributed by atoms with E-state index in [4.69, 9.17) is 9.15 Å². The van der Waals surface area contributed by atoms with E-state index in [0.29, 0.717) is 18.1 Å². The van der Waals surface area contributed by atoms with Crippen molar-refractivity contribution < 1.29 is 13.9 Å². The number of aryl methyl sites for hydroxylation is 2. The maximum atomic E-state index is 12.5. The summed E-state index contributed by atoms with van der Waals surface area (Å²) in [5.74, 6) is 1.14. The zero-order valence-corrected chi connectivity index (χ0v) is 14.3. The first kappa shape index (κ1) is 15.3. The molecule has 3 aromatic heterocycles. The Morgan fingerprint density at radius 1 is 1.42 bits per heavy atom. The Kier molecular flexibility index (Phi) is 3.82. The van der Waals surface area contributed by atoms with Gasteiger partial charge in [0.15, 0.2) is 0 Å². The minimum atomic E-state index is -0.182. The van der Waals surface area contributed by atoms with Crippen LogP contribution in [0.25, 0.3) is 11.1 Å². The summed E-state index contributed by atoms with van der Waals surface area (Å²) in [6, 6.07) is 2.11. The summed E-state index contributed by atoms with van der Waals surface area (Å²) < 4.78 is 11.4. The molecule has 1 aliphatic heterocycles. The molecule has 0 aromatic carbocycles. The Hall–Kier alpha value is -2.25. The predicted molar refractivity (Wildman–Crippen MR) is 91.2 cm³/mol. The Morgan fingerprint density at radius 2 is 2.29 bits per heavy atom. The van der Waals surface area contributed by atoms with Crippen LogP contribution in [-0.4, -0.2) is 22.5 Å². The maximum absolute atomic E-state index is 12.5. The normalized spacial score (nSPS) is 17.0. The number of thiophene rings is 1. The van der Waals surface area contributed by atoms with Crippen molar-refractivity contribution in [3.05, 3.63) is 39.5 Å². The summed E-state index contributed by atoms with van der Waals surface area (Å²) in [6.07, 6.45) is 2.40. The molecule has 1 amide bonds. The van der Waals surface area contributed by atoms with Gasteiger partial charge in [0.25, 0.3) is 0 Å². The number of amides is 1. The number of fused-ring (bicyclic) bond motifs is 2. The molecule has 0 spiro atoms. The van der Waals surface area contributed by atoms with E-state index in [9.17, 15) is 4.79 Å². The molecule has 1 aliphatic rings. The number of nitrogens with one attached hydrogen (secondary N) is 1. The molecule has 0 radical (unpaired) electrons. The van der Waals surface area contributed by atoms with Crippen LogP contribution in [0.15, 0.2) is 22.2 Å². The van der Waals surface area contributed by atoms with Crippen LogP contribution in [0.5, 0.6) is 0 Å². The second-order valence-corrected chi connectivity index (χ2v) is 6.81. The van der Waals surface area contributed by atoms with E-state index < -0.39 is 0 Å². The third kappa shape index (κ3) is 2.59. The molecular weight excluding hydrogens is 326 g/mol. The van der Waals surface area contributed by atoms with Crippen molar-refractivity contribution in [1.82, 2.24) is 9.97 Å². The molecule has 3 aromatic rings. The van der Waals surface area contributed by atoms with E-state index in [-0.39, 0.29) is 18.4 Å². The van der Waals surface area contributed by atoms with Crippen molar-refractivity contribution in [2.24, 2.45) is 0 Å². The van der Waals surface area contributed by atoms with Gasteiger partial charge in [-0.25, -0.2) is 9.97 Å². The number of ether oxygens (including phenoxy) is 1. The topological polar surface area (TPSA) is 77.3 Å². The fourth-order valence-electron chi connectivity index (χ4n) is 3.00. The van der Waals surface area contributed by atoms with Crippen LogP contribution in [0, 0.1) is 13.8 Å². The number of anilines is 1. The smallest absolute Gasteiger partial charge is 0.231 e. The monoisotopic (exact) mass is 343 g/mol. The molecule has 0 saturated carbocycles. The summed E-state index contributed by atoms with van der Waals surface area (Å²) in [5.41, 5.74) is 2.72. The van der Waals surface area contributed by atoms with Gasteiger partial charge in [-0.1, -0.05) is 0 Å². The van der Waals surface area contributed by atoms with E-state index in [2.05, 4.69) is 26.7 Å². The first-order valence-corrected chi connectivity index (χ1v) is 8.70. The van der Waals surface area contributed by atoms with Gasteiger partial charge in [-0.2, -0.15) is 0 Å². The highest BCUT2D eigenvalue weighted by molar-refractivity contribution is 7.10. The van der Waals surface area contributed by atoms with Crippen molar-refractivity contribution in [1.29, 1.82) is 0 Å². The van der Waals surface area contributed by atoms with Crippen LogP contribution in [-0.2, 0) is 16.0 Å². The second kappa shape index (κ2) is 5.99. The lowest BCUT2D eigenvalue weighted by atomic mass is 10.1. The quantitative estimate of drug-likeness (QED) is 0.787. The highest BCUT2D eigenvalue weighted by atomic mass is 32.1. The molecule has 24 heavy (non-hydrogen) atoms. The fraction of sp³-hybridized carbons (Fsp3) is 0.353. The summed E-state index contributed by atoms with van der Waals surface area (Å²) >= 11 is 1.64. The Morgan fingerprint density at radius 3 is 3.17 bits per heavy atom. The summed E-state index contributed by atoms with van der Waals surface area (Å²) in [6.45, 7) is 4.46. The number of hydrogen-bond acceptors (Lipinski definition) is 6. The number of furan rings is 1. The molecule has 0 aliphatic carbocycles. The molecule has 0 saturated heterocycles. The van der Waals surface area contributed by atoms with Gasteiger partial charge in [0.1, 0.15) is 24.0 Å². The third-order valence-electron chi connectivity index (χ3n) is 4.36. The lowest BCUT2D eigenvalue weighted by Gasteiger charge is -2.22. The summed E-state index contributed by atoms with van der Waals surface area (Å²) in [5, 5.41) is 5.69. The van der Waals surface area contributed by atoms with Crippen molar-refractivity contribution >= 4 is 34.2 Å². The molecule has 1 unspecified atom stereocenters. The summed E-state index contributed by atoms with van der Waals surface area (Å²) in [4.78, 5) is 22.0. The van der Waals surface area contributed by atoms with E-state index in [0.717, 1.165) is 28.0 Å². The minimum Gasteiger partial charge on any atom is -0.443 e.